The molecule has 0 bridgehead atoms. The summed E-state index contributed by atoms with van der Waals surface area (Å²) in [6.45, 7) is 1.95. The van der Waals surface area contributed by atoms with Crippen LogP contribution in [0, 0.1) is 0 Å². The van der Waals surface area contributed by atoms with Crippen LogP contribution in [-0.2, 0) is 4.79 Å². The van der Waals surface area contributed by atoms with Crippen LogP contribution in [0.1, 0.15) is 18.9 Å². The number of nitrogens with zero attached hydrogens (tertiary/aromatic N) is 3. The molecule has 0 aliphatic carbocycles. The second kappa shape index (κ2) is 4.74. The molecule has 1 aromatic heterocycles. The minimum absolute atomic E-state index is 0.0202. The third-order valence-corrected chi connectivity index (χ3v) is 1.95. The average Bonchev–Trinajstić information content (AvgIpc) is 2.64. The van der Waals surface area contributed by atoms with Crippen molar-refractivity contribution in [3.63, 3.8) is 0 Å². The van der Waals surface area contributed by atoms with E-state index in [0.29, 0.717) is 5.89 Å². The molecule has 0 aliphatic heterocycles. The molecule has 7 nitrogen and oxygen atoms in total. The van der Waals surface area contributed by atoms with E-state index in [1.807, 2.05) is 6.92 Å². The molecule has 1 unspecified atom stereocenters. The molecule has 0 saturated heterocycles. The van der Waals surface area contributed by atoms with E-state index in [0.717, 1.165) is 0 Å². The molecule has 0 aliphatic rings. The summed E-state index contributed by atoms with van der Waals surface area (Å²) < 4.78 is 5.33. The van der Waals surface area contributed by atoms with Gasteiger partial charge in [-0.15, -0.1) is 5.10 Å². The number of nitrogens with one attached hydrogen (secondary N) is 1. The lowest BCUT2D eigenvalue weighted by atomic mass is 10.3. The van der Waals surface area contributed by atoms with Gasteiger partial charge >= 0.3 is 6.01 Å². The van der Waals surface area contributed by atoms with E-state index in [1.165, 1.54) is 4.90 Å². The molecule has 1 heterocycles. The van der Waals surface area contributed by atoms with Crippen LogP contribution < -0.4 is 16.0 Å². The lowest BCUT2D eigenvalue weighted by Gasteiger charge is -2.10. The molecule has 15 heavy (non-hydrogen) atoms. The SMILES string of the molecule is CNC(C)c1nnc(N(C)CC(N)=O)o1. The van der Waals surface area contributed by atoms with Crippen molar-refractivity contribution in [3.05, 3.63) is 5.89 Å². The Labute approximate surface area is 87.6 Å². The number of carbonyl (C=O) groups is 1. The smallest absolute Gasteiger partial charge is 0.318 e. The quantitative estimate of drug-likeness (QED) is 0.669. The average molecular weight is 213 g/mol. The zero-order valence-corrected chi connectivity index (χ0v) is 9.02. The van der Waals surface area contributed by atoms with Gasteiger partial charge in [-0.05, 0) is 14.0 Å². The van der Waals surface area contributed by atoms with Gasteiger partial charge in [0.25, 0.3) is 0 Å². The summed E-state index contributed by atoms with van der Waals surface area (Å²) in [6.07, 6.45) is 0. The molecule has 7 heteroatoms. The van der Waals surface area contributed by atoms with Gasteiger partial charge in [-0.1, -0.05) is 5.10 Å². The monoisotopic (exact) mass is 213 g/mol. The summed E-state index contributed by atoms with van der Waals surface area (Å²) in [5.74, 6) is 0.0303. The van der Waals surface area contributed by atoms with Crippen molar-refractivity contribution in [2.75, 3.05) is 25.5 Å². The van der Waals surface area contributed by atoms with Crippen LogP contribution >= 0.6 is 0 Å². The molecule has 3 N–H and O–H groups in total. The molecule has 0 spiro atoms. The summed E-state index contributed by atoms with van der Waals surface area (Å²) in [6, 6.07) is 0.263. The number of nitrogens with two attached hydrogens (primary N) is 1. The first-order valence-corrected chi connectivity index (χ1v) is 4.54. The van der Waals surface area contributed by atoms with Gasteiger partial charge in [-0.2, -0.15) is 0 Å². The van der Waals surface area contributed by atoms with Crippen LogP contribution in [0.25, 0.3) is 0 Å². The lowest BCUT2D eigenvalue weighted by Crippen LogP contribution is -2.30. The summed E-state index contributed by atoms with van der Waals surface area (Å²) in [5.41, 5.74) is 5.04. The minimum Gasteiger partial charge on any atom is -0.406 e. The van der Waals surface area contributed by atoms with Gasteiger partial charge in [0.2, 0.25) is 11.8 Å². The van der Waals surface area contributed by atoms with Crippen molar-refractivity contribution in [3.8, 4) is 0 Å². The zero-order valence-electron chi connectivity index (χ0n) is 9.02. The number of amides is 1. The lowest BCUT2D eigenvalue weighted by molar-refractivity contribution is -0.116. The van der Waals surface area contributed by atoms with Crippen molar-refractivity contribution in [2.45, 2.75) is 13.0 Å². The van der Waals surface area contributed by atoms with Crippen LogP contribution in [0.15, 0.2) is 4.42 Å². The maximum Gasteiger partial charge on any atom is 0.318 e. The molecule has 84 valence electrons. The standard InChI is InChI=1S/C8H15N5O2/c1-5(10-2)7-11-12-8(15-7)13(3)4-6(9)14/h5,10H,4H2,1-3H3,(H2,9,14). The van der Waals surface area contributed by atoms with Gasteiger partial charge in [0.1, 0.15) is 6.54 Å². The molecule has 1 rings (SSSR count). The molecule has 0 radical (unpaired) electrons. The second-order valence-electron chi connectivity index (χ2n) is 3.26. The Morgan fingerprint density at radius 2 is 2.33 bits per heavy atom. The maximum atomic E-state index is 10.7. The number of primary amides is 1. The number of carbonyl (C=O) groups excluding carboxylic acids is 1. The van der Waals surface area contributed by atoms with E-state index < -0.39 is 5.91 Å². The van der Waals surface area contributed by atoms with Crippen LogP contribution in [0.4, 0.5) is 6.01 Å². The fraction of sp³-hybridized carbons (Fsp3) is 0.625. The van der Waals surface area contributed by atoms with Crippen molar-refractivity contribution in [1.29, 1.82) is 0 Å². The summed E-state index contributed by atoms with van der Waals surface area (Å²) in [4.78, 5) is 12.2. The Balaban J connectivity index is 2.70. The van der Waals surface area contributed by atoms with Gasteiger partial charge in [-0.25, -0.2) is 0 Å². The van der Waals surface area contributed by atoms with E-state index in [9.17, 15) is 4.79 Å². The van der Waals surface area contributed by atoms with Gasteiger partial charge < -0.3 is 20.4 Å². The predicted molar refractivity (Wildman–Crippen MR) is 54.2 cm³/mol. The number of hydrogen-bond donors (Lipinski definition) is 2. The highest BCUT2D eigenvalue weighted by molar-refractivity contribution is 5.78. The van der Waals surface area contributed by atoms with Crippen molar-refractivity contribution in [2.24, 2.45) is 5.73 Å². The first-order chi connectivity index (χ1) is 7.04. The molecule has 0 fully saturated rings. The van der Waals surface area contributed by atoms with Crippen LogP contribution in [0.5, 0.6) is 0 Å². The second-order valence-corrected chi connectivity index (χ2v) is 3.26. The fourth-order valence-electron chi connectivity index (χ4n) is 0.981. The number of anilines is 1. The Bertz CT molecular complexity index is 338. The topological polar surface area (TPSA) is 97.3 Å². The largest absolute Gasteiger partial charge is 0.406 e. The predicted octanol–water partition coefficient (Wildman–Crippen LogP) is -0.728. The van der Waals surface area contributed by atoms with Crippen LogP contribution in [0.2, 0.25) is 0 Å². The fourth-order valence-corrected chi connectivity index (χ4v) is 0.981. The highest BCUT2D eigenvalue weighted by Gasteiger charge is 2.15. The number of likely N-dealkylation sites (N-methyl/N-ethyl adjacent to an activating group) is 1. The van der Waals surface area contributed by atoms with Gasteiger partial charge in [-0.3, -0.25) is 4.79 Å². The zero-order chi connectivity index (χ0) is 11.4. The maximum absolute atomic E-state index is 10.7. The Hall–Kier alpha value is -1.63. The molecule has 1 atom stereocenters. The molecule has 1 amide bonds. The Kier molecular flexibility index (Phi) is 3.62. The van der Waals surface area contributed by atoms with Crippen LogP contribution in [0.3, 0.4) is 0 Å². The number of hydrogen-bond acceptors (Lipinski definition) is 6. The van der Waals surface area contributed by atoms with E-state index >= 15 is 0 Å². The third-order valence-electron chi connectivity index (χ3n) is 1.95. The summed E-state index contributed by atoms with van der Waals surface area (Å²) >= 11 is 0. The minimum atomic E-state index is -0.445. The number of aromatic nitrogens is 2. The van der Waals surface area contributed by atoms with Crippen molar-refractivity contribution in [1.82, 2.24) is 15.5 Å². The summed E-state index contributed by atoms with van der Waals surface area (Å²) in [5, 5.41) is 10.6. The Morgan fingerprint density at radius 3 is 2.87 bits per heavy atom. The molecular weight excluding hydrogens is 198 g/mol. The number of rotatable bonds is 5. The van der Waals surface area contributed by atoms with E-state index in [2.05, 4.69) is 15.5 Å². The highest BCUT2D eigenvalue weighted by Crippen LogP contribution is 2.15. The Morgan fingerprint density at radius 1 is 1.67 bits per heavy atom. The highest BCUT2D eigenvalue weighted by atomic mass is 16.4. The van der Waals surface area contributed by atoms with E-state index in [4.69, 9.17) is 10.2 Å². The van der Waals surface area contributed by atoms with Gasteiger partial charge in [0, 0.05) is 7.05 Å². The summed E-state index contributed by atoms with van der Waals surface area (Å²) in [7, 11) is 3.45. The normalized spacial score (nSPS) is 12.5. The van der Waals surface area contributed by atoms with Crippen molar-refractivity contribution < 1.29 is 9.21 Å². The van der Waals surface area contributed by atoms with Gasteiger partial charge in [0.05, 0.1) is 6.04 Å². The van der Waals surface area contributed by atoms with Gasteiger partial charge in [0.15, 0.2) is 0 Å². The van der Waals surface area contributed by atoms with Crippen LogP contribution in [-0.4, -0.2) is 36.7 Å². The molecular formula is C8H15N5O2. The van der Waals surface area contributed by atoms with Crippen molar-refractivity contribution >= 4 is 11.9 Å². The molecule has 0 saturated carbocycles. The van der Waals surface area contributed by atoms with E-state index in [-0.39, 0.29) is 18.6 Å². The first kappa shape index (κ1) is 11.4. The van der Waals surface area contributed by atoms with E-state index in [1.54, 1.807) is 14.1 Å². The first-order valence-electron chi connectivity index (χ1n) is 4.54. The molecule has 0 aromatic carbocycles. The molecule has 1 aromatic rings. The third kappa shape index (κ3) is 2.91.